The summed E-state index contributed by atoms with van der Waals surface area (Å²) in [5.74, 6) is 2.90. The Kier molecular flexibility index (Phi) is 6.75. The second kappa shape index (κ2) is 10.3. The fraction of sp³-hybridized carbons (Fsp3) is 0.500. The topological polar surface area (TPSA) is 91.5 Å². The number of aryl methyl sites for hydroxylation is 3. The molecule has 6 rings (SSSR count). The third-order valence-corrected chi connectivity index (χ3v) is 7.98. The molecule has 1 atom stereocenters. The van der Waals surface area contributed by atoms with Crippen LogP contribution in [0.1, 0.15) is 34.8 Å². The second-order valence-electron chi connectivity index (χ2n) is 10.8. The van der Waals surface area contributed by atoms with Gasteiger partial charge in [0.2, 0.25) is 0 Å². The highest BCUT2D eigenvalue weighted by atomic mass is 15.3. The van der Waals surface area contributed by atoms with Crippen LogP contribution < -0.4 is 4.90 Å². The van der Waals surface area contributed by atoms with Crippen molar-refractivity contribution >= 4 is 11.6 Å². The molecule has 0 N–H and O–H groups in total. The SMILES string of the molecule is Cc1nc2nc(C)c(C[C@@H]3CCN(c4cnc(-c5ccc(CN6CCN(C)CC6)cn5)cn4)C3)c(C)n2n1. The summed E-state index contributed by atoms with van der Waals surface area (Å²) in [7, 11) is 2.18. The molecule has 0 saturated carbocycles. The lowest BCUT2D eigenvalue weighted by molar-refractivity contribution is 0.148. The summed E-state index contributed by atoms with van der Waals surface area (Å²) in [6.45, 7) is 13.5. The summed E-state index contributed by atoms with van der Waals surface area (Å²) < 4.78 is 1.88. The minimum absolute atomic E-state index is 0.534. The Labute approximate surface area is 223 Å². The molecule has 4 aromatic heterocycles. The Hall–Kier alpha value is -3.50. The summed E-state index contributed by atoms with van der Waals surface area (Å²) in [5, 5.41) is 4.52. The fourth-order valence-electron chi connectivity index (χ4n) is 5.65. The predicted molar refractivity (Wildman–Crippen MR) is 147 cm³/mol. The molecule has 2 fully saturated rings. The normalized spacial score (nSPS) is 19.1. The van der Waals surface area contributed by atoms with Crippen molar-refractivity contribution in [1.82, 2.24) is 44.3 Å². The van der Waals surface area contributed by atoms with E-state index in [2.05, 4.69) is 62.8 Å². The molecule has 2 saturated heterocycles. The third kappa shape index (κ3) is 5.10. The van der Waals surface area contributed by atoms with Crippen LogP contribution in [0, 0.1) is 26.7 Å². The molecule has 10 nitrogen and oxygen atoms in total. The van der Waals surface area contributed by atoms with Crippen molar-refractivity contribution < 1.29 is 0 Å². The number of pyridine rings is 1. The third-order valence-electron chi connectivity index (χ3n) is 7.98. The van der Waals surface area contributed by atoms with E-state index in [1.807, 2.05) is 30.0 Å². The van der Waals surface area contributed by atoms with Crippen molar-refractivity contribution in [3.63, 3.8) is 0 Å². The Bertz CT molecular complexity index is 1400. The number of rotatable bonds is 6. The highest BCUT2D eigenvalue weighted by Gasteiger charge is 2.26. The van der Waals surface area contributed by atoms with Gasteiger partial charge in [0.15, 0.2) is 0 Å². The first-order chi connectivity index (χ1) is 18.4. The maximum absolute atomic E-state index is 4.76. The largest absolute Gasteiger partial charge is 0.355 e. The molecule has 6 heterocycles. The Morgan fingerprint density at radius 3 is 2.42 bits per heavy atom. The highest BCUT2D eigenvalue weighted by molar-refractivity contribution is 5.54. The van der Waals surface area contributed by atoms with Gasteiger partial charge in [-0.15, -0.1) is 0 Å². The first-order valence-corrected chi connectivity index (χ1v) is 13.6. The Balaban J connectivity index is 1.08. The molecule has 0 bridgehead atoms. The van der Waals surface area contributed by atoms with E-state index >= 15 is 0 Å². The molecule has 0 amide bonds. The van der Waals surface area contributed by atoms with Gasteiger partial charge in [-0.3, -0.25) is 9.88 Å². The molecule has 4 aromatic rings. The van der Waals surface area contributed by atoms with Gasteiger partial charge in [-0.2, -0.15) is 10.1 Å². The van der Waals surface area contributed by atoms with Crippen LogP contribution in [0.3, 0.4) is 0 Å². The van der Waals surface area contributed by atoms with Gasteiger partial charge in [-0.1, -0.05) is 6.07 Å². The standard InChI is InChI=1S/C28H36N10/c1-19-24(20(2)38-28(32-19)33-21(3)34-38)13-22-7-8-37(18-22)27-16-30-26(15-31-27)25-6-5-23(14-29-25)17-36-11-9-35(4)10-12-36/h5-6,14-16,22H,7-13,17-18H2,1-4H3/t22-/m0/s1. The van der Waals surface area contributed by atoms with Crippen LogP contribution in [-0.4, -0.2) is 90.7 Å². The van der Waals surface area contributed by atoms with Crippen molar-refractivity contribution in [2.75, 3.05) is 51.2 Å². The van der Waals surface area contributed by atoms with E-state index in [1.54, 1.807) is 0 Å². The maximum Gasteiger partial charge on any atom is 0.252 e. The van der Waals surface area contributed by atoms with Crippen molar-refractivity contribution in [3.05, 3.63) is 59.1 Å². The van der Waals surface area contributed by atoms with Crippen molar-refractivity contribution in [2.24, 2.45) is 5.92 Å². The highest BCUT2D eigenvalue weighted by Crippen LogP contribution is 2.27. The summed E-state index contributed by atoms with van der Waals surface area (Å²) in [6, 6.07) is 4.23. The van der Waals surface area contributed by atoms with E-state index in [4.69, 9.17) is 15.0 Å². The lowest BCUT2D eigenvalue weighted by Gasteiger charge is -2.32. The molecular formula is C28H36N10. The van der Waals surface area contributed by atoms with Gasteiger partial charge in [-0.05, 0) is 63.8 Å². The zero-order chi connectivity index (χ0) is 26.2. The molecule has 198 valence electrons. The molecule has 38 heavy (non-hydrogen) atoms. The van der Waals surface area contributed by atoms with Gasteiger partial charge in [0.1, 0.15) is 17.3 Å². The second-order valence-corrected chi connectivity index (χ2v) is 10.8. The van der Waals surface area contributed by atoms with Gasteiger partial charge in [-0.25, -0.2) is 19.5 Å². The van der Waals surface area contributed by atoms with Crippen molar-refractivity contribution in [2.45, 2.75) is 40.2 Å². The molecule has 0 unspecified atom stereocenters. The number of aromatic nitrogens is 7. The van der Waals surface area contributed by atoms with E-state index in [0.717, 1.165) is 93.1 Å². The number of hydrogen-bond donors (Lipinski definition) is 0. The van der Waals surface area contributed by atoms with Gasteiger partial charge in [0, 0.05) is 63.4 Å². The van der Waals surface area contributed by atoms with Crippen LogP contribution in [0.15, 0.2) is 30.7 Å². The number of hydrogen-bond acceptors (Lipinski definition) is 9. The van der Waals surface area contributed by atoms with E-state index in [0.29, 0.717) is 11.7 Å². The molecule has 0 aromatic carbocycles. The quantitative estimate of drug-likeness (QED) is 0.387. The van der Waals surface area contributed by atoms with Gasteiger partial charge < -0.3 is 9.80 Å². The minimum Gasteiger partial charge on any atom is -0.355 e. The molecule has 2 aliphatic rings. The summed E-state index contributed by atoms with van der Waals surface area (Å²) >= 11 is 0. The number of nitrogens with zero attached hydrogens (tertiary/aromatic N) is 10. The Morgan fingerprint density at radius 2 is 1.68 bits per heavy atom. The lowest BCUT2D eigenvalue weighted by atomic mass is 9.96. The first-order valence-electron chi connectivity index (χ1n) is 13.6. The lowest BCUT2D eigenvalue weighted by Crippen LogP contribution is -2.43. The van der Waals surface area contributed by atoms with E-state index in [1.165, 1.54) is 11.1 Å². The molecule has 2 aliphatic heterocycles. The van der Waals surface area contributed by atoms with Gasteiger partial charge in [0.25, 0.3) is 5.78 Å². The van der Waals surface area contributed by atoms with Crippen LogP contribution in [-0.2, 0) is 13.0 Å². The molecule has 0 spiro atoms. The molecule has 10 heteroatoms. The van der Waals surface area contributed by atoms with Crippen LogP contribution in [0.25, 0.3) is 17.2 Å². The van der Waals surface area contributed by atoms with Crippen molar-refractivity contribution in [3.8, 4) is 11.4 Å². The minimum atomic E-state index is 0.534. The van der Waals surface area contributed by atoms with Crippen LogP contribution >= 0.6 is 0 Å². The van der Waals surface area contributed by atoms with Crippen LogP contribution in [0.4, 0.5) is 5.82 Å². The molecule has 0 aliphatic carbocycles. The predicted octanol–water partition coefficient (Wildman–Crippen LogP) is 2.72. The average Bonchev–Trinajstić information content (AvgIpc) is 3.55. The Morgan fingerprint density at radius 1 is 0.868 bits per heavy atom. The maximum atomic E-state index is 4.76. The number of anilines is 1. The molecule has 0 radical (unpaired) electrons. The zero-order valence-corrected chi connectivity index (χ0v) is 22.8. The summed E-state index contributed by atoms with van der Waals surface area (Å²) in [6.07, 6.45) is 7.81. The van der Waals surface area contributed by atoms with E-state index in [9.17, 15) is 0 Å². The zero-order valence-electron chi connectivity index (χ0n) is 22.8. The fourth-order valence-corrected chi connectivity index (χ4v) is 5.65. The van der Waals surface area contributed by atoms with Gasteiger partial charge >= 0.3 is 0 Å². The number of fused-ring (bicyclic) bond motifs is 1. The van der Waals surface area contributed by atoms with Crippen LogP contribution in [0.2, 0.25) is 0 Å². The summed E-state index contributed by atoms with van der Waals surface area (Å²) in [5.41, 5.74) is 6.37. The average molecular weight is 513 g/mol. The van der Waals surface area contributed by atoms with Gasteiger partial charge in [0.05, 0.1) is 18.1 Å². The number of piperazine rings is 1. The molecular weight excluding hydrogens is 476 g/mol. The van der Waals surface area contributed by atoms with E-state index in [-0.39, 0.29) is 0 Å². The van der Waals surface area contributed by atoms with E-state index < -0.39 is 0 Å². The van der Waals surface area contributed by atoms with Crippen LogP contribution in [0.5, 0.6) is 0 Å². The smallest absolute Gasteiger partial charge is 0.252 e. The first kappa shape index (κ1) is 24.8. The number of likely N-dealkylation sites (N-methyl/N-ethyl adjacent to an activating group) is 1. The monoisotopic (exact) mass is 512 g/mol. The van der Waals surface area contributed by atoms with Crippen molar-refractivity contribution in [1.29, 1.82) is 0 Å². The summed E-state index contributed by atoms with van der Waals surface area (Å²) in [4.78, 5) is 30.5.